The number of halogens is 1. The van der Waals surface area contributed by atoms with Crippen molar-refractivity contribution < 1.29 is 9.59 Å². The number of likely N-dealkylation sites (N-methyl/N-ethyl adjacent to an activating group) is 1. The molecule has 0 saturated heterocycles. The fourth-order valence-corrected chi connectivity index (χ4v) is 1.60. The number of anilines is 1. The molecule has 1 aromatic rings. The maximum atomic E-state index is 11.7. The normalized spacial score (nSPS) is 11.8. The molecule has 0 saturated carbocycles. The molecule has 2 amide bonds. The third kappa shape index (κ3) is 4.35. The van der Waals surface area contributed by atoms with Gasteiger partial charge >= 0.3 is 0 Å². The molecule has 0 radical (unpaired) electrons. The first-order valence-electron chi connectivity index (χ1n) is 5.46. The summed E-state index contributed by atoms with van der Waals surface area (Å²) >= 11 is 5.79. The van der Waals surface area contributed by atoms with Gasteiger partial charge in [0.1, 0.15) is 0 Å². The van der Waals surface area contributed by atoms with Gasteiger partial charge in [0.15, 0.2) is 0 Å². The summed E-state index contributed by atoms with van der Waals surface area (Å²) in [6.45, 7) is 1.53. The monoisotopic (exact) mass is 269 g/mol. The first-order chi connectivity index (χ1) is 8.40. The number of nitrogens with two attached hydrogens (primary N) is 1. The topological polar surface area (TPSA) is 75.4 Å². The number of benzene rings is 1. The maximum absolute atomic E-state index is 11.7. The molecule has 0 fully saturated rings. The Morgan fingerprint density at radius 2 is 2.17 bits per heavy atom. The Balaban J connectivity index is 2.54. The number of carbonyl (C=O) groups is 2. The molecule has 18 heavy (non-hydrogen) atoms. The molecular weight excluding hydrogens is 254 g/mol. The molecule has 98 valence electrons. The molecule has 1 rings (SSSR count). The average Bonchev–Trinajstić information content (AvgIpc) is 2.27. The van der Waals surface area contributed by atoms with Gasteiger partial charge in [-0.1, -0.05) is 17.7 Å². The highest BCUT2D eigenvalue weighted by molar-refractivity contribution is 6.30. The number of rotatable bonds is 4. The number of nitrogens with one attached hydrogen (secondary N) is 1. The van der Waals surface area contributed by atoms with Crippen molar-refractivity contribution in [1.82, 2.24) is 4.90 Å². The van der Waals surface area contributed by atoms with Crippen LogP contribution in [0.4, 0.5) is 5.69 Å². The molecule has 0 aliphatic rings. The van der Waals surface area contributed by atoms with Crippen LogP contribution in [0, 0.1) is 0 Å². The molecule has 0 aromatic heterocycles. The van der Waals surface area contributed by atoms with Crippen molar-refractivity contribution in [3.63, 3.8) is 0 Å². The molecule has 0 unspecified atom stereocenters. The van der Waals surface area contributed by atoms with Gasteiger partial charge in [0, 0.05) is 17.8 Å². The lowest BCUT2D eigenvalue weighted by Crippen LogP contribution is -2.43. The molecule has 1 atom stereocenters. The lowest BCUT2D eigenvalue weighted by atomic mass is 10.3. The number of hydrogen-bond donors (Lipinski definition) is 2. The largest absolute Gasteiger partial charge is 0.335 e. The van der Waals surface area contributed by atoms with E-state index in [1.54, 1.807) is 31.2 Å². The van der Waals surface area contributed by atoms with Crippen LogP contribution in [0.5, 0.6) is 0 Å². The lowest BCUT2D eigenvalue weighted by molar-refractivity contribution is -0.134. The average molecular weight is 270 g/mol. The SMILES string of the molecule is C[C@H](N)C(=O)N(C)CC(=O)Nc1cccc(Cl)c1. The van der Waals surface area contributed by atoms with Crippen molar-refractivity contribution in [3.05, 3.63) is 29.3 Å². The van der Waals surface area contributed by atoms with Crippen molar-refractivity contribution in [2.24, 2.45) is 5.73 Å². The van der Waals surface area contributed by atoms with Crippen LogP contribution in [0.25, 0.3) is 0 Å². The molecule has 0 heterocycles. The molecular formula is C12H16ClN3O2. The Bertz CT molecular complexity index is 449. The summed E-state index contributed by atoms with van der Waals surface area (Å²) in [4.78, 5) is 24.4. The first kappa shape index (κ1) is 14.5. The summed E-state index contributed by atoms with van der Waals surface area (Å²) in [7, 11) is 1.53. The van der Waals surface area contributed by atoms with Crippen molar-refractivity contribution in [3.8, 4) is 0 Å². The Hall–Kier alpha value is -1.59. The van der Waals surface area contributed by atoms with E-state index in [-0.39, 0.29) is 18.4 Å². The van der Waals surface area contributed by atoms with Gasteiger partial charge in [-0.3, -0.25) is 9.59 Å². The number of carbonyl (C=O) groups excluding carboxylic acids is 2. The Kier molecular flexibility index (Phi) is 5.12. The maximum Gasteiger partial charge on any atom is 0.243 e. The van der Waals surface area contributed by atoms with Crippen LogP contribution in [0.2, 0.25) is 5.02 Å². The third-order valence-corrected chi connectivity index (χ3v) is 2.49. The summed E-state index contributed by atoms with van der Waals surface area (Å²) in [6.07, 6.45) is 0. The molecule has 0 spiro atoms. The third-order valence-electron chi connectivity index (χ3n) is 2.25. The molecule has 1 aromatic carbocycles. The molecule has 3 N–H and O–H groups in total. The highest BCUT2D eigenvalue weighted by Gasteiger charge is 2.16. The Morgan fingerprint density at radius 3 is 2.72 bits per heavy atom. The smallest absolute Gasteiger partial charge is 0.243 e. The zero-order chi connectivity index (χ0) is 13.7. The highest BCUT2D eigenvalue weighted by atomic mass is 35.5. The van der Waals surface area contributed by atoms with Crippen LogP contribution in [-0.2, 0) is 9.59 Å². The van der Waals surface area contributed by atoms with E-state index in [1.165, 1.54) is 11.9 Å². The van der Waals surface area contributed by atoms with E-state index in [0.29, 0.717) is 10.7 Å². The van der Waals surface area contributed by atoms with Crippen LogP contribution in [0.15, 0.2) is 24.3 Å². The van der Waals surface area contributed by atoms with Gasteiger partial charge in [-0.15, -0.1) is 0 Å². The number of hydrogen-bond acceptors (Lipinski definition) is 3. The van der Waals surface area contributed by atoms with E-state index in [4.69, 9.17) is 17.3 Å². The van der Waals surface area contributed by atoms with Crippen molar-refractivity contribution >= 4 is 29.1 Å². The lowest BCUT2D eigenvalue weighted by Gasteiger charge is -2.18. The standard InChI is InChI=1S/C12H16ClN3O2/c1-8(14)12(18)16(2)7-11(17)15-10-5-3-4-9(13)6-10/h3-6,8H,7,14H2,1-2H3,(H,15,17)/t8-/m0/s1. The minimum atomic E-state index is -0.617. The van der Waals surface area contributed by atoms with Gasteiger partial charge in [-0.25, -0.2) is 0 Å². The van der Waals surface area contributed by atoms with E-state index in [9.17, 15) is 9.59 Å². The van der Waals surface area contributed by atoms with Gasteiger partial charge < -0.3 is 16.0 Å². The van der Waals surface area contributed by atoms with Gasteiger partial charge in [-0.2, -0.15) is 0 Å². The van der Waals surface area contributed by atoms with E-state index in [2.05, 4.69) is 5.32 Å². The Morgan fingerprint density at radius 1 is 1.50 bits per heavy atom. The number of amides is 2. The Labute approximate surface area is 111 Å². The minimum absolute atomic E-state index is 0.0487. The van der Waals surface area contributed by atoms with E-state index >= 15 is 0 Å². The molecule has 6 heteroatoms. The molecule has 0 aliphatic heterocycles. The van der Waals surface area contributed by atoms with Crippen LogP contribution in [0.3, 0.4) is 0 Å². The summed E-state index contributed by atoms with van der Waals surface area (Å²) in [5.74, 6) is -0.579. The van der Waals surface area contributed by atoms with Crippen LogP contribution in [-0.4, -0.2) is 36.3 Å². The zero-order valence-corrected chi connectivity index (χ0v) is 11.1. The molecule has 0 bridgehead atoms. The van der Waals surface area contributed by atoms with Crippen molar-refractivity contribution in [1.29, 1.82) is 0 Å². The van der Waals surface area contributed by atoms with Gasteiger partial charge in [-0.05, 0) is 25.1 Å². The van der Waals surface area contributed by atoms with Gasteiger partial charge in [0.2, 0.25) is 11.8 Å². The minimum Gasteiger partial charge on any atom is -0.335 e. The highest BCUT2D eigenvalue weighted by Crippen LogP contribution is 2.14. The van der Waals surface area contributed by atoms with Crippen LogP contribution < -0.4 is 11.1 Å². The van der Waals surface area contributed by atoms with Crippen molar-refractivity contribution in [2.75, 3.05) is 18.9 Å². The van der Waals surface area contributed by atoms with Gasteiger partial charge in [0.25, 0.3) is 0 Å². The predicted octanol–water partition coefficient (Wildman–Crippen LogP) is 1.08. The van der Waals surface area contributed by atoms with Crippen LogP contribution >= 0.6 is 11.6 Å². The summed E-state index contributed by atoms with van der Waals surface area (Å²) < 4.78 is 0. The quantitative estimate of drug-likeness (QED) is 0.859. The summed E-state index contributed by atoms with van der Waals surface area (Å²) in [5, 5.41) is 3.18. The van der Waals surface area contributed by atoms with Crippen molar-refractivity contribution in [2.45, 2.75) is 13.0 Å². The second-order valence-electron chi connectivity index (χ2n) is 4.04. The number of nitrogens with zero attached hydrogens (tertiary/aromatic N) is 1. The fraction of sp³-hybridized carbons (Fsp3) is 0.333. The zero-order valence-electron chi connectivity index (χ0n) is 10.3. The molecule has 5 nitrogen and oxygen atoms in total. The predicted molar refractivity (Wildman–Crippen MR) is 71.4 cm³/mol. The summed E-state index contributed by atoms with van der Waals surface area (Å²) in [5.41, 5.74) is 6.04. The van der Waals surface area contributed by atoms with E-state index in [1.807, 2.05) is 0 Å². The first-order valence-corrected chi connectivity index (χ1v) is 5.84. The van der Waals surface area contributed by atoms with Crippen LogP contribution in [0.1, 0.15) is 6.92 Å². The molecule has 0 aliphatic carbocycles. The van der Waals surface area contributed by atoms with Gasteiger partial charge in [0.05, 0.1) is 12.6 Å². The second kappa shape index (κ2) is 6.37. The van der Waals surface area contributed by atoms with E-state index < -0.39 is 6.04 Å². The summed E-state index contributed by atoms with van der Waals surface area (Å²) in [6, 6.07) is 6.18. The fourth-order valence-electron chi connectivity index (χ4n) is 1.41. The second-order valence-corrected chi connectivity index (χ2v) is 4.48. The van der Waals surface area contributed by atoms with E-state index in [0.717, 1.165) is 0 Å².